The highest BCUT2D eigenvalue weighted by atomic mass is 32.2. The van der Waals surface area contributed by atoms with Crippen LogP contribution in [0.3, 0.4) is 0 Å². The zero-order valence-electron chi connectivity index (χ0n) is 16.3. The Balaban J connectivity index is -0.00000312. The second-order valence-corrected chi connectivity index (χ2v) is 8.31. The number of amides is 1. The van der Waals surface area contributed by atoms with Gasteiger partial charge in [0, 0.05) is 19.4 Å². The van der Waals surface area contributed by atoms with Gasteiger partial charge in [-0.2, -0.15) is 8.42 Å². The second kappa shape index (κ2) is 13.6. The standard InChI is InChI=1S/C16H29NO8S.CH4.FH/c1-11(18)13(7-6-8-25-15(20)12(2)24-5)9-14(19)17-16(3,4)10-26(21,22)23;;/h12-13H,6-10H2,1-5H3,(H,17,19)(H,21,22,23);1H4;1H. The van der Waals surface area contributed by atoms with E-state index in [-0.39, 0.29) is 30.9 Å². The summed E-state index contributed by atoms with van der Waals surface area (Å²) in [5.74, 6) is -2.40. The van der Waals surface area contributed by atoms with Crippen molar-refractivity contribution in [1.82, 2.24) is 5.32 Å². The van der Waals surface area contributed by atoms with Gasteiger partial charge in [0.25, 0.3) is 10.1 Å². The Bertz CT molecular complexity index is 606. The monoisotopic (exact) mass is 431 g/mol. The van der Waals surface area contributed by atoms with Gasteiger partial charge in [0.1, 0.15) is 5.78 Å². The summed E-state index contributed by atoms with van der Waals surface area (Å²) in [5.41, 5.74) is -1.17. The van der Waals surface area contributed by atoms with Crippen LogP contribution in [0, 0.1) is 5.92 Å². The summed E-state index contributed by atoms with van der Waals surface area (Å²) < 4.78 is 40.6. The Hall–Kier alpha value is -1.59. The van der Waals surface area contributed by atoms with Crippen LogP contribution in [0.2, 0.25) is 0 Å². The van der Waals surface area contributed by atoms with Crippen LogP contribution < -0.4 is 5.32 Å². The number of methoxy groups -OCH3 is 1. The average Bonchev–Trinajstić information content (AvgIpc) is 2.45. The quantitative estimate of drug-likeness (QED) is 0.270. The Labute approximate surface area is 166 Å². The van der Waals surface area contributed by atoms with Crippen LogP contribution in [0.5, 0.6) is 0 Å². The lowest BCUT2D eigenvalue weighted by Crippen LogP contribution is -2.48. The van der Waals surface area contributed by atoms with Gasteiger partial charge in [-0.05, 0) is 40.5 Å². The molecule has 0 aromatic heterocycles. The highest BCUT2D eigenvalue weighted by molar-refractivity contribution is 7.85. The largest absolute Gasteiger partial charge is 0.464 e. The summed E-state index contributed by atoms with van der Waals surface area (Å²) in [5, 5.41) is 2.50. The number of hydrogen-bond donors (Lipinski definition) is 2. The van der Waals surface area contributed by atoms with Gasteiger partial charge in [-0.15, -0.1) is 0 Å². The third-order valence-electron chi connectivity index (χ3n) is 3.65. The first kappa shape index (κ1) is 31.1. The van der Waals surface area contributed by atoms with E-state index in [1.54, 1.807) is 6.92 Å². The van der Waals surface area contributed by atoms with Crippen LogP contribution in [0.4, 0.5) is 4.70 Å². The molecule has 28 heavy (non-hydrogen) atoms. The van der Waals surface area contributed by atoms with Crippen LogP contribution in [-0.4, -0.2) is 61.7 Å². The van der Waals surface area contributed by atoms with Crippen molar-refractivity contribution in [2.45, 2.75) is 66.0 Å². The number of hydrogen-bond acceptors (Lipinski definition) is 7. The molecule has 0 saturated heterocycles. The molecule has 1 amide bonds. The molecular weight excluding hydrogens is 397 g/mol. The molecule has 0 heterocycles. The van der Waals surface area contributed by atoms with E-state index in [0.29, 0.717) is 12.8 Å². The maximum atomic E-state index is 12.1. The molecule has 2 unspecified atom stereocenters. The number of carbonyl (C=O) groups excluding carboxylic acids is 3. The Morgan fingerprint density at radius 1 is 1.21 bits per heavy atom. The fourth-order valence-electron chi connectivity index (χ4n) is 2.31. The summed E-state index contributed by atoms with van der Waals surface area (Å²) >= 11 is 0. The summed E-state index contributed by atoms with van der Waals surface area (Å²) in [6, 6.07) is 0. The molecule has 0 fully saturated rings. The second-order valence-electron chi connectivity index (χ2n) is 6.86. The molecule has 0 aliphatic carbocycles. The van der Waals surface area contributed by atoms with Crippen molar-refractivity contribution >= 4 is 27.8 Å². The Kier molecular flexibility index (Phi) is 15.1. The van der Waals surface area contributed by atoms with Crippen molar-refractivity contribution < 1.29 is 41.5 Å². The maximum Gasteiger partial charge on any atom is 0.334 e. The number of ether oxygens (including phenoxy) is 2. The first-order valence-electron chi connectivity index (χ1n) is 8.23. The maximum absolute atomic E-state index is 12.1. The van der Waals surface area contributed by atoms with E-state index in [2.05, 4.69) is 5.32 Å². The predicted molar refractivity (Wildman–Crippen MR) is 103 cm³/mol. The van der Waals surface area contributed by atoms with Gasteiger partial charge < -0.3 is 14.8 Å². The third-order valence-corrected chi connectivity index (χ3v) is 4.74. The number of carbonyl (C=O) groups is 3. The number of Topliss-reactive ketones (excluding diaryl/α,β-unsaturated/α-hetero) is 1. The first-order valence-corrected chi connectivity index (χ1v) is 9.84. The molecular formula is C17H34FNO8S. The topological polar surface area (TPSA) is 136 Å². The lowest BCUT2D eigenvalue weighted by Gasteiger charge is -2.25. The number of halogens is 1. The molecule has 0 aliphatic heterocycles. The van der Waals surface area contributed by atoms with Crippen molar-refractivity contribution in [3.8, 4) is 0 Å². The van der Waals surface area contributed by atoms with E-state index in [0.717, 1.165) is 0 Å². The molecule has 0 spiro atoms. The van der Waals surface area contributed by atoms with E-state index in [9.17, 15) is 22.8 Å². The average molecular weight is 432 g/mol. The van der Waals surface area contributed by atoms with Crippen molar-refractivity contribution in [3.63, 3.8) is 0 Å². The minimum absolute atomic E-state index is 0. The van der Waals surface area contributed by atoms with Gasteiger partial charge in [-0.3, -0.25) is 18.8 Å². The van der Waals surface area contributed by atoms with Gasteiger partial charge in [0.2, 0.25) is 5.91 Å². The minimum atomic E-state index is -4.25. The first-order chi connectivity index (χ1) is 11.8. The summed E-state index contributed by atoms with van der Waals surface area (Å²) in [7, 11) is -2.86. The number of rotatable bonds is 12. The van der Waals surface area contributed by atoms with E-state index in [1.807, 2.05) is 0 Å². The summed E-state index contributed by atoms with van der Waals surface area (Å²) in [4.78, 5) is 35.3. The van der Waals surface area contributed by atoms with Gasteiger partial charge >= 0.3 is 5.97 Å². The predicted octanol–water partition coefficient (Wildman–Crippen LogP) is 1.51. The van der Waals surface area contributed by atoms with E-state index in [1.165, 1.54) is 27.9 Å². The van der Waals surface area contributed by atoms with E-state index >= 15 is 0 Å². The normalized spacial score (nSPS) is 13.4. The van der Waals surface area contributed by atoms with Gasteiger partial charge in [-0.1, -0.05) is 7.43 Å². The van der Waals surface area contributed by atoms with Crippen molar-refractivity contribution in [2.75, 3.05) is 19.5 Å². The molecule has 11 heteroatoms. The molecule has 0 radical (unpaired) electrons. The number of esters is 1. The number of nitrogens with one attached hydrogen (secondary N) is 1. The Morgan fingerprint density at radius 2 is 1.75 bits per heavy atom. The third kappa shape index (κ3) is 14.5. The molecule has 2 N–H and O–H groups in total. The Morgan fingerprint density at radius 3 is 2.18 bits per heavy atom. The molecule has 0 rings (SSSR count). The van der Waals surface area contributed by atoms with Gasteiger partial charge in [0.15, 0.2) is 6.10 Å². The zero-order valence-corrected chi connectivity index (χ0v) is 17.1. The van der Waals surface area contributed by atoms with Crippen LogP contribution >= 0.6 is 0 Å². The lowest BCUT2D eigenvalue weighted by molar-refractivity contribution is -0.154. The van der Waals surface area contributed by atoms with Crippen LogP contribution in [0.25, 0.3) is 0 Å². The molecule has 0 aliphatic rings. The van der Waals surface area contributed by atoms with Crippen LogP contribution in [0.15, 0.2) is 0 Å². The highest BCUT2D eigenvalue weighted by Gasteiger charge is 2.28. The van der Waals surface area contributed by atoms with Crippen LogP contribution in [0.1, 0.15) is 54.4 Å². The SMILES string of the molecule is C.COC(C)C(=O)OCCCC(CC(=O)NC(C)(C)CS(=O)(=O)O)C(C)=O.F. The number of ketones is 1. The van der Waals surface area contributed by atoms with Crippen molar-refractivity contribution in [3.05, 3.63) is 0 Å². The highest BCUT2D eigenvalue weighted by Crippen LogP contribution is 2.15. The van der Waals surface area contributed by atoms with Gasteiger partial charge in [0.05, 0.1) is 17.9 Å². The molecule has 9 nitrogen and oxygen atoms in total. The zero-order chi connectivity index (χ0) is 20.5. The van der Waals surface area contributed by atoms with Crippen LogP contribution in [-0.2, 0) is 34.0 Å². The molecule has 0 aromatic rings. The molecule has 0 saturated carbocycles. The fourth-order valence-corrected chi connectivity index (χ4v) is 3.29. The van der Waals surface area contributed by atoms with E-state index < -0.39 is 45.3 Å². The van der Waals surface area contributed by atoms with Crippen molar-refractivity contribution in [2.24, 2.45) is 5.92 Å². The molecule has 0 aromatic carbocycles. The minimum Gasteiger partial charge on any atom is -0.464 e. The summed E-state index contributed by atoms with van der Waals surface area (Å²) in [6.45, 7) is 5.93. The van der Waals surface area contributed by atoms with Crippen molar-refractivity contribution in [1.29, 1.82) is 0 Å². The smallest absolute Gasteiger partial charge is 0.334 e. The fraction of sp³-hybridized carbons (Fsp3) is 0.824. The molecule has 168 valence electrons. The summed E-state index contributed by atoms with van der Waals surface area (Å²) in [6.07, 6.45) is -0.0499. The molecule has 0 bridgehead atoms. The lowest BCUT2D eigenvalue weighted by atomic mass is 9.94. The van der Waals surface area contributed by atoms with Gasteiger partial charge in [-0.25, -0.2) is 4.79 Å². The van der Waals surface area contributed by atoms with E-state index in [4.69, 9.17) is 14.0 Å². The molecule has 2 atom stereocenters.